The molecule has 0 spiro atoms. The summed E-state index contributed by atoms with van der Waals surface area (Å²) in [7, 11) is 0. The first-order valence-electron chi connectivity index (χ1n) is 6.13. The zero-order valence-corrected chi connectivity index (χ0v) is 11.6. The molecule has 3 N–H and O–H groups in total. The number of rotatable bonds is 5. The van der Waals surface area contributed by atoms with Gasteiger partial charge in [-0.1, -0.05) is 23.7 Å². The van der Waals surface area contributed by atoms with Gasteiger partial charge in [-0.2, -0.15) is 0 Å². The number of anilines is 1. The van der Waals surface area contributed by atoms with Crippen molar-refractivity contribution in [3.05, 3.63) is 59.1 Å². The number of carbonyl (C=O) groups excluding carboxylic acids is 1. The predicted octanol–water partition coefficient (Wildman–Crippen LogP) is 2.62. The second-order valence-corrected chi connectivity index (χ2v) is 4.70. The van der Waals surface area contributed by atoms with Gasteiger partial charge < -0.3 is 15.8 Å². The molecule has 0 saturated carbocycles. The molecule has 0 unspecified atom stereocenters. The topological polar surface area (TPSA) is 64.3 Å². The molecule has 0 aromatic heterocycles. The molecular formula is C15H15ClN2O2. The Hall–Kier alpha value is -2.20. The van der Waals surface area contributed by atoms with E-state index in [0.717, 1.165) is 5.56 Å². The highest BCUT2D eigenvalue weighted by atomic mass is 35.5. The summed E-state index contributed by atoms with van der Waals surface area (Å²) in [5, 5.41) is 3.41. The number of benzene rings is 2. The van der Waals surface area contributed by atoms with Crippen LogP contribution in [0.15, 0.2) is 48.5 Å². The van der Waals surface area contributed by atoms with Crippen LogP contribution in [0.3, 0.4) is 0 Å². The normalized spacial score (nSPS) is 10.1. The third-order valence-electron chi connectivity index (χ3n) is 2.63. The highest BCUT2D eigenvalue weighted by molar-refractivity contribution is 6.30. The molecule has 4 nitrogen and oxygen atoms in total. The summed E-state index contributed by atoms with van der Waals surface area (Å²) < 4.78 is 5.34. The van der Waals surface area contributed by atoms with E-state index < -0.39 is 0 Å². The summed E-state index contributed by atoms with van der Waals surface area (Å²) in [6.45, 7) is 0.384. The molecule has 1 amide bonds. The van der Waals surface area contributed by atoms with Crippen LogP contribution in [0.25, 0.3) is 0 Å². The van der Waals surface area contributed by atoms with Crippen molar-refractivity contribution in [3.8, 4) is 5.75 Å². The monoisotopic (exact) mass is 290 g/mol. The van der Waals surface area contributed by atoms with Gasteiger partial charge in [-0.3, -0.25) is 4.79 Å². The molecule has 0 aliphatic heterocycles. The summed E-state index contributed by atoms with van der Waals surface area (Å²) in [6, 6.07) is 14.2. The van der Waals surface area contributed by atoms with Crippen LogP contribution >= 0.6 is 11.6 Å². The van der Waals surface area contributed by atoms with Gasteiger partial charge in [0.05, 0.1) is 0 Å². The highest BCUT2D eigenvalue weighted by Gasteiger charge is 2.03. The van der Waals surface area contributed by atoms with Crippen molar-refractivity contribution in [1.29, 1.82) is 0 Å². The number of ether oxygens (including phenoxy) is 1. The number of nitrogens with one attached hydrogen (secondary N) is 1. The van der Waals surface area contributed by atoms with E-state index in [0.29, 0.717) is 23.0 Å². The minimum atomic E-state index is -0.193. The standard InChI is InChI=1S/C15H15ClN2O2/c16-12-3-1-2-11(8-12)9-18-15(19)10-20-14-6-4-13(17)5-7-14/h1-8H,9-10,17H2,(H,18,19). The van der Waals surface area contributed by atoms with Crippen LogP contribution in [0.4, 0.5) is 5.69 Å². The summed E-state index contributed by atoms with van der Waals surface area (Å²) in [6.07, 6.45) is 0. The lowest BCUT2D eigenvalue weighted by molar-refractivity contribution is -0.123. The number of hydrogen-bond donors (Lipinski definition) is 2. The van der Waals surface area contributed by atoms with Crippen LogP contribution in [0.1, 0.15) is 5.56 Å². The van der Waals surface area contributed by atoms with Crippen LogP contribution < -0.4 is 15.8 Å². The lowest BCUT2D eigenvalue weighted by atomic mass is 10.2. The lowest BCUT2D eigenvalue weighted by Gasteiger charge is -2.08. The number of nitrogens with two attached hydrogens (primary N) is 1. The Labute approximate surface area is 122 Å². The summed E-state index contributed by atoms with van der Waals surface area (Å²) in [5.74, 6) is 0.416. The molecule has 20 heavy (non-hydrogen) atoms. The van der Waals surface area contributed by atoms with Crippen molar-refractivity contribution < 1.29 is 9.53 Å². The molecule has 2 aromatic rings. The van der Waals surface area contributed by atoms with Gasteiger partial charge in [-0.15, -0.1) is 0 Å². The summed E-state index contributed by atoms with van der Waals surface area (Å²) >= 11 is 5.87. The van der Waals surface area contributed by atoms with Gasteiger partial charge >= 0.3 is 0 Å². The van der Waals surface area contributed by atoms with Crippen molar-refractivity contribution in [1.82, 2.24) is 5.32 Å². The fraction of sp³-hybridized carbons (Fsp3) is 0.133. The van der Waals surface area contributed by atoms with E-state index in [1.54, 1.807) is 30.3 Å². The maximum Gasteiger partial charge on any atom is 0.258 e. The molecule has 0 atom stereocenters. The second-order valence-electron chi connectivity index (χ2n) is 4.26. The minimum Gasteiger partial charge on any atom is -0.484 e. The van der Waals surface area contributed by atoms with Crippen molar-refractivity contribution in [2.75, 3.05) is 12.3 Å². The van der Waals surface area contributed by atoms with Gasteiger partial charge in [0.25, 0.3) is 5.91 Å². The Morgan fingerprint density at radius 3 is 2.65 bits per heavy atom. The summed E-state index contributed by atoms with van der Waals surface area (Å²) in [5.41, 5.74) is 7.16. The maximum atomic E-state index is 11.6. The van der Waals surface area contributed by atoms with Crippen molar-refractivity contribution in [3.63, 3.8) is 0 Å². The Morgan fingerprint density at radius 1 is 1.20 bits per heavy atom. The molecule has 0 saturated heterocycles. The first-order valence-corrected chi connectivity index (χ1v) is 6.51. The van der Waals surface area contributed by atoms with Crippen LogP contribution in [0.2, 0.25) is 5.02 Å². The highest BCUT2D eigenvalue weighted by Crippen LogP contribution is 2.13. The first-order chi connectivity index (χ1) is 9.63. The third-order valence-corrected chi connectivity index (χ3v) is 2.86. The number of halogens is 1. The van der Waals surface area contributed by atoms with Gasteiger partial charge in [-0.25, -0.2) is 0 Å². The molecule has 0 fully saturated rings. The molecule has 0 heterocycles. The van der Waals surface area contributed by atoms with E-state index in [1.165, 1.54) is 0 Å². The number of nitrogen functional groups attached to an aromatic ring is 1. The predicted molar refractivity (Wildman–Crippen MR) is 79.6 cm³/mol. The Kier molecular flexibility index (Phi) is 4.85. The van der Waals surface area contributed by atoms with E-state index in [9.17, 15) is 4.79 Å². The first kappa shape index (κ1) is 14.2. The smallest absolute Gasteiger partial charge is 0.258 e. The molecule has 2 rings (SSSR count). The fourth-order valence-corrected chi connectivity index (χ4v) is 1.82. The Bertz CT molecular complexity index is 585. The molecule has 0 radical (unpaired) electrons. The zero-order chi connectivity index (χ0) is 14.4. The molecular weight excluding hydrogens is 276 g/mol. The SMILES string of the molecule is Nc1ccc(OCC(=O)NCc2cccc(Cl)c2)cc1. The van der Waals surface area contributed by atoms with Gasteiger partial charge in [0.2, 0.25) is 0 Å². The van der Waals surface area contributed by atoms with Gasteiger partial charge in [0.15, 0.2) is 6.61 Å². The zero-order valence-electron chi connectivity index (χ0n) is 10.8. The van der Waals surface area contributed by atoms with E-state index in [4.69, 9.17) is 22.1 Å². The van der Waals surface area contributed by atoms with E-state index >= 15 is 0 Å². The fourth-order valence-electron chi connectivity index (χ4n) is 1.61. The summed E-state index contributed by atoms with van der Waals surface area (Å²) in [4.78, 5) is 11.6. The van der Waals surface area contributed by atoms with E-state index in [-0.39, 0.29) is 12.5 Å². The molecule has 104 valence electrons. The molecule has 0 aliphatic rings. The number of amides is 1. The maximum absolute atomic E-state index is 11.6. The minimum absolute atomic E-state index is 0.0372. The molecule has 0 aliphatic carbocycles. The molecule has 0 bridgehead atoms. The van der Waals surface area contributed by atoms with Crippen LogP contribution in [0.5, 0.6) is 5.75 Å². The molecule has 2 aromatic carbocycles. The van der Waals surface area contributed by atoms with Crippen molar-refractivity contribution >= 4 is 23.2 Å². The van der Waals surface area contributed by atoms with Crippen LogP contribution in [-0.2, 0) is 11.3 Å². The van der Waals surface area contributed by atoms with Crippen LogP contribution in [0, 0.1) is 0 Å². The van der Waals surface area contributed by atoms with E-state index in [1.807, 2.05) is 18.2 Å². The average Bonchev–Trinajstić information content (AvgIpc) is 2.45. The van der Waals surface area contributed by atoms with Crippen molar-refractivity contribution in [2.24, 2.45) is 0 Å². The lowest BCUT2D eigenvalue weighted by Crippen LogP contribution is -2.28. The largest absolute Gasteiger partial charge is 0.484 e. The van der Waals surface area contributed by atoms with Gasteiger partial charge in [0, 0.05) is 17.3 Å². The van der Waals surface area contributed by atoms with Gasteiger partial charge in [-0.05, 0) is 42.0 Å². The van der Waals surface area contributed by atoms with Crippen LogP contribution in [-0.4, -0.2) is 12.5 Å². The Balaban J connectivity index is 1.77. The number of hydrogen-bond acceptors (Lipinski definition) is 3. The average molecular weight is 291 g/mol. The van der Waals surface area contributed by atoms with Crippen molar-refractivity contribution in [2.45, 2.75) is 6.54 Å². The molecule has 5 heteroatoms. The van der Waals surface area contributed by atoms with Gasteiger partial charge in [0.1, 0.15) is 5.75 Å². The number of carbonyl (C=O) groups is 1. The quantitative estimate of drug-likeness (QED) is 0.832. The third kappa shape index (κ3) is 4.48. The second kappa shape index (κ2) is 6.82. The van der Waals surface area contributed by atoms with E-state index in [2.05, 4.69) is 5.32 Å². The Morgan fingerprint density at radius 2 is 1.95 bits per heavy atom.